The van der Waals surface area contributed by atoms with E-state index in [2.05, 4.69) is 5.16 Å². The number of hydrogen-bond donors (Lipinski definition) is 1. The maximum absolute atomic E-state index is 12.4. The first-order chi connectivity index (χ1) is 9.08. The smallest absolute Gasteiger partial charge is 0.326 e. The first-order valence-electron chi connectivity index (χ1n) is 6.60. The Bertz CT molecular complexity index is 516. The molecule has 0 bridgehead atoms. The number of aliphatic carboxylic acids is 1. The molecule has 6 heteroatoms. The van der Waals surface area contributed by atoms with Gasteiger partial charge < -0.3 is 14.5 Å². The second-order valence-electron chi connectivity index (χ2n) is 5.35. The summed E-state index contributed by atoms with van der Waals surface area (Å²) in [5, 5.41) is 12.9. The van der Waals surface area contributed by atoms with Crippen LogP contribution in [0.2, 0.25) is 0 Å². The average Bonchev–Trinajstić information content (AvgIpc) is 3.30. The minimum Gasteiger partial charge on any atom is -0.480 e. The molecule has 0 aromatic carbocycles. The van der Waals surface area contributed by atoms with Gasteiger partial charge in [0, 0.05) is 18.0 Å². The van der Waals surface area contributed by atoms with Crippen LogP contribution < -0.4 is 0 Å². The summed E-state index contributed by atoms with van der Waals surface area (Å²) in [7, 11) is 0. The number of carboxylic acid groups (broad SMARTS) is 1. The molecule has 0 saturated heterocycles. The quantitative estimate of drug-likeness (QED) is 0.873. The Morgan fingerprint density at radius 2 is 2.11 bits per heavy atom. The summed E-state index contributed by atoms with van der Waals surface area (Å²) in [4.78, 5) is 24.9. The van der Waals surface area contributed by atoms with Gasteiger partial charge in [-0.3, -0.25) is 4.79 Å². The first-order valence-corrected chi connectivity index (χ1v) is 6.60. The summed E-state index contributed by atoms with van der Waals surface area (Å²) in [6.07, 6.45) is 3.86. The van der Waals surface area contributed by atoms with Crippen molar-refractivity contribution in [3.05, 3.63) is 17.5 Å². The zero-order valence-corrected chi connectivity index (χ0v) is 10.7. The molecule has 102 valence electrons. The predicted molar refractivity (Wildman–Crippen MR) is 64.8 cm³/mol. The SMILES string of the molecule is CC(C(=O)O)N(C(=O)c1cc(C2CC2)on1)C1CC1. The third kappa shape index (κ3) is 2.34. The molecule has 6 nitrogen and oxygen atoms in total. The Hall–Kier alpha value is -1.85. The van der Waals surface area contributed by atoms with Gasteiger partial charge in [-0.15, -0.1) is 0 Å². The predicted octanol–water partition coefficient (Wildman–Crippen LogP) is 1.63. The van der Waals surface area contributed by atoms with Crippen molar-refractivity contribution >= 4 is 11.9 Å². The topological polar surface area (TPSA) is 83.6 Å². The van der Waals surface area contributed by atoms with Crippen molar-refractivity contribution in [3.8, 4) is 0 Å². The first kappa shape index (κ1) is 12.2. The molecule has 1 aromatic heterocycles. The molecule has 2 aliphatic carbocycles. The fraction of sp³-hybridized carbons (Fsp3) is 0.615. The maximum atomic E-state index is 12.4. The second kappa shape index (κ2) is 4.36. The number of aromatic nitrogens is 1. The van der Waals surface area contributed by atoms with Gasteiger partial charge in [-0.25, -0.2) is 4.79 Å². The number of rotatable bonds is 5. The van der Waals surface area contributed by atoms with Crippen LogP contribution in [0.15, 0.2) is 10.6 Å². The molecule has 1 heterocycles. The monoisotopic (exact) mass is 264 g/mol. The number of carbonyl (C=O) groups is 2. The number of amides is 1. The van der Waals surface area contributed by atoms with Crippen molar-refractivity contribution in [2.75, 3.05) is 0 Å². The lowest BCUT2D eigenvalue weighted by Gasteiger charge is -2.25. The summed E-state index contributed by atoms with van der Waals surface area (Å²) in [6.45, 7) is 1.53. The molecule has 0 radical (unpaired) electrons. The van der Waals surface area contributed by atoms with Crippen molar-refractivity contribution in [1.29, 1.82) is 0 Å². The molecule has 0 aliphatic heterocycles. The lowest BCUT2D eigenvalue weighted by Crippen LogP contribution is -2.44. The Balaban J connectivity index is 1.80. The highest BCUT2D eigenvalue weighted by Gasteiger charge is 2.40. The van der Waals surface area contributed by atoms with Crippen molar-refractivity contribution in [3.63, 3.8) is 0 Å². The highest BCUT2D eigenvalue weighted by molar-refractivity contribution is 5.95. The maximum Gasteiger partial charge on any atom is 0.326 e. The van der Waals surface area contributed by atoms with Gasteiger partial charge in [0.05, 0.1) is 0 Å². The summed E-state index contributed by atoms with van der Waals surface area (Å²) in [5.41, 5.74) is 0.224. The summed E-state index contributed by atoms with van der Waals surface area (Å²) in [5.74, 6) is -0.207. The molecule has 2 saturated carbocycles. The highest BCUT2D eigenvalue weighted by atomic mass is 16.5. The van der Waals surface area contributed by atoms with Crippen LogP contribution in [-0.2, 0) is 4.79 Å². The van der Waals surface area contributed by atoms with Crippen molar-refractivity contribution < 1.29 is 19.2 Å². The van der Waals surface area contributed by atoms with E-state index in [0.29, 0.717) is 5.92 Å². The van der Waals surface area contributed by atoms with E-state index < -0.39 is 12.0 Å². The minimum atomic E-state index is -0.994. The van der Waals surface area contributed by atoms with Gasteiger partial charge >= 0.3 is 5.97 Å². The Morgan fingerprint density at radius 3 is 2.63 bits per heavy atom. The van der Waals surface area contributed by atoms with Crippen LogP contribution in [0, 0.1) is 0 Å². The zero-order chi connectivity index (χ0) is 13.6. The average molecular weight is 264 g/mol. The van der Waals surface area contributed by atoms with E-state index in [-0.39, 0.29) is 17.6 Å². The van der Waals surface area contributed by atoms with E-state index in [1.165, 1.54) is 11.8 Å². The highest BCUT2D eigenvalue weighted by Crippen LogP contribution is 2.40. The molecule has 2 aliphatic rings. The number of nitrogens with zero attached hydrogens (tertiary/aromatic N) is 2. The van der Waals surface area contributed by atoms with Crippen LogP contribution in [0.4, 0.5) is 0 Å². The lowest BCUT2D eigenvalue weighted by atomic mass is 10.2. The fourth-order valence-electron chi connectivity index (χ4n) is 2.21. The third-order valence-electron chi connectivity index (χ3n) is 3.68. The summed E-state index contributed by atoms with van der Waals surface area (Å²) < 4.78 is 5.16. The third-order valence-corrected chi connectivity index (χ3v) is 3.68. The van der Waals surface area contributed by atoms with Gasteiger partial charge in [0.2, 0.25) is 0 Å². The normalized spacial score (nSPS) is 20.1. The van der Waals surface area contributed by atoms with Crippen LogP contribution in [0.1, 0.15) is 54.8 Å². The molecule has 19 heavy (non-hydrogen) atoms. The van der Waals surface area contributed by atoms with Gasteiger partial charge in [-0.05, 0) is 32.6 Å². The summed E-state index contributed by atoms with van der Waals surface area (Å²) in [6, 6.07) is 0.852. The van der Waals surface area contributed by atoms with Gasteiger partial charge in [-0.1, -0.05) is 5.16 Å². The van der Waals surface area contributed by atoms with Crippen molar-refractivity contribution in [1.82, 2.24) is 10.1 Å². The molecule has 1 amide bonds. The largest absolute Gasteiger partial charge is 0.480 e. The lowest BCUT2D eigenvalue weighted by molar-refractivity contribution is -0.141. The Kier molecular flexibility index (Phi) is 2.80. The van der Waals surface area contributed by atoms with E-state index in [0.717, 1.165) is 31.4 Å². The molecule has 3 rings (SSSR count). The van der Waals surface area contributed by atoms with Crippen LogP contribution >= 0.6 is 0 Å². The van der Waals surface area contributed by atoms with Gasteiger partial charge in [0.15, 0.2) is 5.69 Å². The van der Waals surface area contributed by atoms with Gasteiger partial charge in [0.1, 0.15) is 11.8 Å². The Labute approximate surface area is 110 Å². The van der Waals surface area contributed by atoms with E-state index in [1.807, 2.05) is 0 Å². The summed E-state index contributed by atoms with van der Waals surface area (Å²) >= 11 is 0. The van der Waals surface area contributed by atoms with Crippen molar-refractivity contribution in [2.45, 2.75) is 50.6 Å². The molecule has 0 spiro atoms. The van der Waals surface area contributed by atoms with Gasteiger partial charge in [-0.2, -0.15) is 0 Å². The van der Waals surface area contributed by atoms with Crippen LogP contribution in [-0.4, -0.2) is 39.1 Å². The zero-order valence-electron chi connectivity index (χ0n) is 10.7. The molecule has 2 fully saturated rings. The van der Waals surface area contributed by atoms with E-state index >= 15 is 0 Å². The number of carbonyl (C=O) groups excluding carboxylic acids is 1. The van der Waals surface area contributed by atoms with Crippen LogP contribution in [0.5, 0.6) is 0 Å². The molecule has 1 atom stereocenters. The molecule has 1 unspecified atom stereocenters. The Morgan fingerprint density at radius 1 is 1.42 bits per heavy atom. The fourth-order valence-corrected chi connectivity index (χ4v) is 2.21. The molecular weight excluding hydrogens is 248 g/mol. The minimum absolute atomic E-state index is 0.0275. The van der Waals surface area contributed by atoms with E-state index in [9.17, 15) is 9.59 Å². The van der Waals surface area contributed by atoms with Gasteiger partial charge in [0.25, 0.3) is 5.91 Å². The van der Waals surface area contributed by atoms with Crippen molar-refractivity contribution in [2.24, 2.45) is 0 Å². The van der Waals surface area contributed by atoms with E-state index in [1.54, 1.807) is 6.07 Å². The van der Waals surface area contributed by atoms with Crippen LogP contribution in [0.3, 0.4) is 0 Å². The van der Waals surface area contributed by atoms with E-state index in [4.69, 9.17) is 9.63 Å². The standard InChI is InChI=1S/C13H16N2O4/c1-7(13(17)18)15(9-4-5-9)12(16)10-6-11(19-14-10)8-2-3-8/h6-9H,2-5H2,1H3,(H,17,18). The molecule has 1 aromatic rings. The second-order valence-corrected chi connectivity index (χ2v) is 5.35. The number of hydrogen-bond acceptors (Lipinski definition) is 4. The van der Waals surface area contributed by atoms with Crippen LogP contribution in [0.25, 0.3) is 0 Å². The molecular formula is C13H16N2O4. The molecule has 1 N–H and O–H groups in total. The number of carboxylic acids is 1.